The average molecular weight is 489 g/mol. The summed E-state index contributed by atoms with van der Waals surface area (Å²) in [5, 5.41) is 10.8. The van der Waals surface area contributed by atoms with Crippen LogP contribution in [0.1, 0.15) is 21.6 Å². The SMILES string of the molecule is CN(C)C(=O)c1ccc(N2CCN(c3nnc(Cc4ccc(F)cc4F)c4ccccc34)CC2)nc1. The van der Waals surface area contributed by atoms with Crippen LogP contribution in [0.15, 0.2) is 60.8 Å². The highest BCUT2D eigenvalue weighted by Gasteiger charge is 2.22. The highest BCUT2D eigenvalue weighted by Crippen LogP contribution is 2.29. The third-order valence-corrected chi connectivity index (χ3v) is 6.42. The van der Waals surface area contributed by atoms with Crippen molar-refractivity contribution in [1.82, 2.24) is 20.1 Å². The molecule has 1 amide bonds. The zero-order valence-electron chi connectivity index (χ0n) is 20.2. The van der Waals surface area contributed by atoms with Crippen LogP contribution in [0.3, 0.4) is 0 Å². The molecule has 2 aromatic carbocycles. The maximum absolute atomic E-state index is 14.3. The van der Waals surface area contributed by atoms with E-state index >= 15 is 0 Å². The van der Waals surface area contributed by atoms with Crippen LogP contribution in [0.5, 0.6) is 0 Å². The van der Waals surface area contributed by atoms with Crippen molar-refractivity contribution in [3.05, 3.63) is 89.2 Å². The van der Waals surface area contributed by atoms with Gasteiger partial charge < -0.3 is 14.7 Å². The maximum Gasteiger partial charge on any atom is 0.254 e. The first-order valence-electron chi connectivity index (χ1n) is 11.8. The lowest BCUT2D eigenvalue weighted by Crippen LogP contribution is -2.47. The molecule has 0 aliphatic carbocycles. The Morgan fingerprint density at radius 1 is 0.917 bits per heavy atom. The van der Waals surface area contributed by atoms with Crippen molar-refractivity contribution in [1.29, 1.82) is 0 Å². The maximum atomic E-state index is 14.3. The van der Waals surface area contributed by atoms with Crippen molar-refractivity contribution < 1.29 is 13.6 Å². The molecule has 1 aliphatic heterocycles. The number of pyridine rings is 1. The van der Waals surface area contributed by atoms with Gasteiger partial charge in [-0.15, -0.1) is 5.10 Å². The van der Waals surface area contributed by atoms with E-state index in [1.807, 2.05) is 30.3 Å². The smallest absolute Gasteiger partial charge is 0.254 e. The lowest BCUT2D eigenvalue weighted by Gasteiger charge is -2.36. The number of hydrogen-bond donors (Lipinski definition) is 0. The Morgan fingerprint density at radius 3 is 2.31 bits per heavy atom. The minimum absolute atomic E-state index is 0.0741. The fourth-order valence-corrected chi connectivity index (χ4v) is 4.46. The van der Waals surface area contributed by atoms with E-state index in [0.717, 1.165) is 54.7 Å². The molecule has 4 aromatic rings. The molecule has 3 heterocycles. The largest absolute Gasteiger partial charge is 0.353 e. The number of anilines is 2. The van der Waals surface area contributed by atoms with Crippen LogP contribution in [-0.2, 0) is 6.42 Å². The number of amides is 1. The minimum atomic E-state index is -0.602. The quantitative estimate of drug-likeness (QED) is 0.424. The molecule has 0 spiro atoms. The van der Waals surface area contributed by atoms with E-state index in [2.05, 4.69) is 25.0 Å². The van der Waals surface area contributed by atoms with Gasteiger partial charge in [0.25, 0.3) is 5.91 Å². The van der Waals surface area contributed by atoms with Gasteiger partial charge in [-0.05, 0) is 23.8 Å². The van der Waals surface area contributed by atoms with Crippen LogP contribution in [0, 0.1) is 11.6 Å². The Labute approximate surface area is 208 Å². The van der Waals surface area contributed by atoms with Crippen molar-refractivity contribution >= 4 is 28.3 Å². The summed E-state index contributed by atoms with van der Waals surface area (Å²) in [7, 11) is 3.44. The van der Waals surface area contributed by atoms with E-state index in [0.29, 0.717) is 16.8 Å². The zero-order chi connectivity index (χ0) is 25.2. The molecule has 36 heavy (non-hydrogen) atoms. The minimum Gasteiger partial charge on any atom is -0.353 e. The molecule has 2 aromatic heterocycles. The van der Waals surface area contributed by atoms with Crippen molar-refractivity contribution in [3.8, 4) is 0 Å². The summed E-state index contributed by atoms with van der Waals surface area (Å²) in [5.74, 6) is 0.352. The standard InChI is InChI=1S/C27H26F2N6O/c1-33(2)27(36)19-8-10-25(30-17-19)34-11-13-35(14-12-34)26-22-6-4-3-5-21(22)24(31-32-26)15-18-7-9-20(28)16-23(18)29/h3-10,16-17H,11-15H2,1-2H3. The second-order valence-electron chi connectivity index (χ2n) is 9.01. The number of benzene rings is 2. The van der Waals surface area contributed by atoms with Crippen molar-refractivity contribution in [2.45, 2.75) is 6.42 Å². The van der Waals surface area contributed by atoms with Gasteiger partial charge in [0.05, 0.1) is 11.3 Å². The summed E-state index contributed by atoms with van der Waals surface area (Å²) in [6, 6.07) is 15.1. The number of nitrogens with zero attached hydrogens (tertiary/aromatic N) is 6. The number of carbonyl (C=O) groups is 1. The number of rotatable bonds is 5. The summed E-state index contributed by atoms with van der Waals surface area (Å²) in [5.41, 5.74) is 1.59. The highest BCUT2D eigenvalue weighted by atomic mass is 19.1. The molecule has 0 saturated carbocycles. The second-order valence-corrected chi connectivity index (χ2v) is 9.01. The number of hydrogen-bond acceptors (Lipinski definition) is 6. The molecule has 5 rings (SSSR count). The molecule has 1 fully saturated rings. The first-order valence-corrected chi connectivity index (χ1v) is 11.8. The molecule has 0 bridgehead atoms. The van der Waals surface area contributed by atoms with Gasteiger partial charge in [-0.25, -0.2) is 13.8 Å². The molecular formula is C27H26F2N6O. The van der Waals surface area contributed by atoms with E-state index in [4.69, 9.17) is 0 Å². The molecule has 0 radical (unpaired) electrons. The van der Waals surface area contributed by atoms with Gasteiger partial charge in [0.2, 0.25) is 0 Å². The van der Waals surface area contributed by atoms with Crippen molar-refractivity contribution in [2.75, 3.05) is 50.1 Å². The second kappa shape index (κ2) is 9.85. The van der Waals surface area contributed by atoms with E-state index in [1.165, 1.54) is 17.0 Å². The molecule has 184 valence electrons. The van der Waals surface area contributed by atoms with Crippen LogP contribution >= 0.6 is 0 Å². The molecule has 9 heteroatoms. The van der Waals surface area contributed by atoms with E-state index < -0.39 is 11.6 Å². The van der Waals surface area contributed by atoms with Crippen LogP contribution in [0.2, 0.25) is 0 Å². The molecule has 0 N–H and O–H groups in total. The van der Waals surface area contributed by atoms with Crippen LogP contribution in [-0.4, -0.2) is 66.3 Å². The fourth-order valence-electron chi connectivity index (χ4n) is 4.46. The molecule has 1 saturated heterocycles. The number of piperazine rings is 1. The normalized spacial score (nSPS) is 13.8. The van der Waals surface area contributed by atoms with Gasteiger partial charge in [0.15, 0.2) is 5.82 Å². The first-order chi connectivity index (χ1) is 17.4. The molecule has 1 aliphatic rings. The molecule has 0 unspecified atom stereocenters. The zero-order valence-corrected chi connectivity index (χ0v) is 20.2. The van der Waals surface area contributed by atoms with Crippen LogP contribution in [0.4, 0.5) is 20.4 Å². The Balaban J connectivity index is 1.33. The summed E-state index contributed by atoms with van der Waals surface area (Å²) in [6.07, 6.45) is 1.84. The predicted octanol–water partition coefficient (Wildman–Crippen LogP) is 3.92. The van der Waals surface area contributed by atoms with E-state index in [-0.39, 0.29) is 12.3 Å². The van der Waals surface area contributed by atoms with Crippen molar-refractivity contribution in [3.63, 3.8) is 0 Å². The Hall–Kier alpha value is -4.14. The van der Waals surface area contributed by atoms with Crippen molar-refractivity contribution in [2.24, 2.45) is 0 Å². The van der Waals surface area contributed by atoms with Crippen LogP contribution in [0.25, 0.3) is 10.8 Å². The molecule has 0 atom stereocenters. The van der Waals surface area contributed by atoms with Gasteiger partial charge in [-0.2, -0.15) is 5.10 Å². The third kappa shape index (κ3) is 4.68. The number of fused-ring (bicyclic) bond motifs is 1. The number of halogens is 2. The van der Waals surface area contributed by atoms with Gasteiger partial charge in [-0.3, -0.25) is 4.79 Å². The highest BCUT2D eigenvalue weighted by molar-refractivity contribution is 5.94. The summed E-state index contributed by atoms with van der Waals surface area (Å²) >= 11 is 0. The van der Waals surface area contributed by atoms with E-state index in [9.17, 15) is 13.6 Å². The summed E-state index contributed by atoms with van der Waals surface area (Å²) in [4.78, 5) is 22.5. The Morgan fingerprint density at radius 2 is 1.64 bits per heavy atom. The lowest BCUT2D eigenvalue weighted by atomic mass is 10.0. The summed E-state index contributed by atoms with van der Waals surface area (Å²) < 4.78 is 27.6. The van der Waals surface area contributed by atoms with E-state index in [1.54, 1.807) is 26.4 Å². The monoisotopic (exact) mass is 488 g/mol. The molecular weight excluding hydrogens is 462 g/mol. The van der Waals surface area contributed by atoms with Gasteiger partial charge >= 0.3 is 0 Å². The average Bonchev–Trinajstić information content (AvgIpc) is 2.90. The number of carbonyl (C=O) groups excluding carboxylic acids is 1. The van der Waals surface area contributed by atoms with Crippen LogP contribution < -0.4 is 9.80 Å². The Bertz CT molecular complexity index is 1400. The Kier molecular flexibility index (Phi) is 6.45. The third-order valence-electron chi connectivity index (χ3n) is 6.42. The summed E-state index contributed by atoms with van der Waals surface area (Å²) in [6.45, 7) is 2.94. The predicted molar refractivity (Wildman–Crippen MR) is 135 cm³/mol. The van der Waals surface area contributed by atoms with Gasteiger partial charge in [0.1, 0.15) is 17.5 Å². The first kappa shape index (κ1) is 23.6. The van der Waals surface area contributed by atoms with Gasteiger partial charge in [0, 0.05) is 69.7 Å². The topological polar surface area (TPSA) is 65.5 Å². The fraction of sp³-hybridized carbons (Fsp3) is 0.259. The number of aromatic nitrogens is 3. The van der Waals surface area contributed by atoms with Gasteiger partial charge in [-0.1, -0.05) is 30.3 Å². The lowest BCUT2D eigenvalue weighted by molar-refractivity contribution is 0.0827. The molecule has 7 nitrogen and oxygen atoms in total.